The van der Waals surface area contributed by atoms with E-state index in [2.05, 4.69) is 0 Å². The molecule has 4 nitrogen and oxygen atoms in total. The van der Waals surface area contributed by atoms with E-state index in [1.807, 2.05) is 0 Å². The van der Waals surface area contributed by atoms with Crippen LogP contribution in [0.1, 0.15) is 20.8 Å². The highest BCUT2D eigenvalue weighted by Crippen LogP contribution is 1.96. The second-order valence-corrected chi connectivity index (χ2v) is 2.75. The van der Waals surface area contributed by atoms with Crippen LogP contribution >= 0.6 is 0 Å². The zero-order valence-electron chi connectivity index (χ0n) is 7.07. The third-order valence-electron chi connectivity index (χ3n) is 1.14. The summed E-state index contributed by atoms with van der Waals surface area (Å²) in [5, 5.41) is 8.88. The van der Waals surface area contributed by atoms with Crippen LogP contribution in [-0.4, -0.2) is 29.3 Å². The summed E-state index contributed by atoms with van der Waals surface area (Å²) in [6, 6.07) is -0.933. The molecule has 0 spiro atoms. The summed E-state index contributed by atoms with van der Waals surface area (Å²) in [5.74, 6) is -0.560. The van der Waals surface area contributed by atoms with Gasteiger partial charge in [-0.15, -0.1) is 0 Å². The fraction of sp³-hybridized carbons (Fsp3) is 0.857. The highest BCUT2D eigenvalue weighted by Gasteiger charge is 2.20. The van der Waals surface area contributed by atoms with E-state index >= 15 is 0 Å². The van der Waals surface area contributed by atoms with Crippen molar-refractivity contribution in [2.24, 2.45) is 5.73 Å². The first kappa shape index (κ1) is 10.4. The normalized spacial score (nSPS) is 16.2. The van der Waals surface area contributed by atoms with Gasteiger partial charge < -0.3 is 15.6 Å². The third-order valence-corrected chi connectivity index (χ3v) is 1.14. The van der Waals surface area contributed by atoms with Crippen LogP contribution in [-0.2, 0) is 9.53 Å². The number of ether oxygens (including phenoxy) is 1. The largest absolute Gasteiger partial charge is 0.462 e. The number of carbonyl (C=O) groups is 1. The van der Waals surface area contributed by atoms with Crippen molar-refractivity contribution in [2.75, 3.05) is 0 Å². The van der Waals surface area contributed by atoms with Gasteiger partial charge >= 0.3 is 5.97 Å². The molecule has 0 aromatic carbocycles. The highest BCUT2D eigenvalue weighted by molar-refractivity contribution is 5.76. The van der Waals surface area contributed by atoms with Crippen LogP contribution in [0.4, 0.5) is 0 Å². The molecule has 66 valence electrons. The van der Waals surface area contributed by atoms with Gasteiger partial charge in [-0.05, 0) is 20.8 Å². The molecule has 2 atom stereocenters. The summed E-state index contributed by atoms with van der Waals surface area (Å²) in [4.78, 5) is 10.9. The summed E-state index contributed by atoms with van der Waals surface area (Å²) >= 11 is 0. The van der Waals surface area contributed by atoms with E-state index in [1.165, 1.54) is 6.92 Å². The zero-order valence-corrected chi connectivity index (χ0v) is 7.07. The van der Waals surface area contributed by atoms with Crippen LogP contribution in [0, 0.1) is 0 Å². The Kier molecular flexibility index (Phi) is 4.07. The van der Waals surface area contributed by atoms with Gasteiger partial charge in [-0.3, -0.25) is 4.79 Å². The number of nitrogens with two attached hydrogens (primary N) is 1. The predicted octanol–water partition coefficient (Wildman–Crippen LogP) is -0.354. The molecule has 0 fully saturated rings. The van der Waals surface area contributed by atoms with E-state index in [9.17, 15) is 4.79 Å². The van der Waals surface area contributed by atoms with Crippen molar-refractivity contribution in [2.45, 2.75) is 39.0 Å². The van der Waals surface area contributed by atoms with Crippen LogP contribution in [0.3, 0.4) is 0 Å². The van der Waals surface area contributed by atoms with E-state index in [4.69, 9.17) is 15.6 Å². The van der Waals surface area contributed by atoms with Crippen LogP contribution in [0.5, 0.6) is 0 Å². The molecule has 0 unspecified atom stereocenters. The Labute approximate surface area is 66.3 Å². The van der Waals surface area contributed by atoms with E-state index in [-0.39, 0.29) is 6.10 Å². The van der Waals surface area contributed by atoms with Gasteiger partial charge in [0.1, 0.15) is 6.04 Å². The molecule has 0 rings (SSSR count). The second kappa shape index (κ2) is 4.31. The Bertz CT molecular complexity index is 134. The minimum atomic E-state index is -0.933. The molecule has 0 aliphatic carbocycles. The minimum Gasteiger partial charge on any atom is -0.462 e. The Balaban J connectivity index is 3.83. The van der Waals surface area contributed by atoms with Crippen molar-refractivity contribution in [3.8, 4) is 0 Å². The van der Waals surface area contributed by atoms with Gasteiger partial charge in [-0.2, -0.15) is 0 Å². The predicted molar refractivity (Wildman–Crippen MR) is 40.9 cm³/mol. The molecular weight excluding hydrogens is 146 g/mol. The first-order valence-electron chi connectivity index (χ1n) is 3.59. The lowest BCUT2D eigenvalue weighted by Crippen LogP contribution is -2.42. The average molecular weight is 161 g/mol. The van der Waals surface area contributed by atoms with Crippen LogP contribution < -0.4 is 5.73 Å². The Hall–Kier alpha value is -0.610. The molecule has 0 heterocycles. The molecule has 11 heavy (non-hydrogen) atoms. The Morgan fingerprint density at radius 1 is 1.45 bits per heavy atom. The number of aliphatic hydroxyl groups excluding tert-OH is 1. The van der Waals surface area contributed by atoms with Crippen molar-refractivity contribution in [3.63, 3.8) is 0 Å². The fourth-order valence-corrected chi connectivity index (χ4v) is 0.508. The van der Waals surface area contributed by atoms with Crippen molar-refractivity contribution in [1.82, 2.24) is 0 Å². The SMILES string of the molecule is CC(C)OC(=O)[C@H](N)[C@@H](C)O. The van der Waals surface area contributed by atoms with Gasteiger partial charge in [0.2, 0.25) is 0 Å². The van der Waals surface area contributed by atoms with E-state index in [1.54, 1.807) is 13.8 Å². The molecule has 0 saturated carbocycles. The molecule has 0 aromatic rings. The fourth-order valence-electron chi connectivity index (χ4n) is 0.508. The molecule has 0 amide bonds. The first-order valence-corrected chi connectivity index (χ1v) is 3.59. The number of rotatable bonds is 3. The van der Waals surface area contributed by atoms with Crippen molar-refractivity contribution < 1.29 is 14.6 Å². The van der Waals surface area contributed by atoms with Gasteiger partial charge in [0.15, 0.2) is 0 Å². The maximum atomic E-state index is 10.9. The molecule has 0 bridgehead atoms. The van der Waals surface area contributed by atoms with Crippen molar-refractivity contribution >= 4 is 5.97 Å². The molecule has 4 heteroatoms. The first-order chi connectivity index (χ1) is 4.95. The molecule has 0 aliphatic heterocycles. The summed E-state index contributed by atoms with van der Waals surface area (Å²) < 4.78 is 4.75. The van der Waals surface area contributed by atoms with Crippen molar-refractivity contribution in [3.05, 3.63) is 0 Å². The third kappa shape index (κ3) is 3.95. The summed E-state index contributed by atoms with van der Waals surface area (Å²) in [6.07, 6.45) is -1.05. The van der Waals surface area contributed by atoms with Crippen LogP contribution in [0.25, 0.3) is 0 Å². The second-order valence-electron chi connectivity index (χ2n) is 2.75. The van der Waals surface area contributed by atoms with Crippen molar-refractivity contribution in [1.29, 1.82) is 0 Å². The molecule has 0 radical (unpaired) electrons. The number of esters is 1. The maximum Gasteiger partial charge on any atom is 0.325 e. The lowest BCUT2D eigenvalue weighted by molar-refractivity contribution is -0.151. The summed E-state index contributed by atoms with van der Waals surface area (Å²) in [5.41, 5.74) is 5.28. The number of hydrogen-bond donors (Lipinski definition) is 2. The van der Waals surface area contributed by atoms with Gasteiger partial charge in [-0.25, -0.2) is 0 Å². The molecule has 0 aliphatic rings. The molecule has 0 saturated heterocycles. The molecular formula is C7H15NO3. The average Bonchev–Trinajstić information content (AvgIpc) is 1.84. The molecule has 3 N–H and O–H groups in total. The van der Waals surface area contributed by atoms with Gasteiger partial charge in [0, 0.05) is 0 Å². The van der Waals surface area contributed by atoms with Gasteiger partial charge in [0.25, 0.3) is 0 Å². The Morgan fingerprint density at radius 2 is 1.91 bits per heavy atom. The number of carbonyl (C=O) groups excluding carboxylic acids is 1. The standard InChI is InChI=1S/C7H15NO3/c1-4(2)11-7(10)6(8)5(3)9/h4-6,9H,8H2,1-3H3/t5-,6-/m1/s1. The lowest BCUT2D eigenvalue weighted by atomic mass is 10.2. The summed E-state index contributed by atoms with van der Waals surface area (Å²) in [6.45, 7) is 4.91. The van der Waals surface area contributed by atoms with Gasteiger partial charge in [-0.1, -0.05) is 0 Å². The number of aliphatic hydroxyl groups is 1. The number of hydrogen-bond acceptors (Lipinski definition) is 4. The van der Waals surface area contributed by atoms with Gasteiger partial charge in [0.05, 0.1) is 12.2 Å². The molecule has 0 aromatic heterocycles. The highest BCUT2D eigenvalue weighted by atomic mass is 16.5. The quantitative estimate of drug-likeness (QED) is 0.555. The van der Waals surface area contributed by atoms with Crippen LogP contribution in [0.15, 0.2) is 0 Å². The zero-order chi connectivity index (χ0) is 9.02. The minimum absolute atomic E-state index is 0.188. The van der Waals surface area contributed by atoms with E-state index in [0.29, 0.717) is 0 Å². The maximum absolute atomic E-state index is 10.9. The van der Waals surface area contributed by atoms with E-state index in [0.717, 1.165) is 0 Å². The van der Waals surface area contributed by atoms with E-state index < -0.39 is 18.1 Å². The van der Waals surface area contributed by atoms with Crippen LogP contribution in [0.2, 0.25) is 0 Å². The Morgan fingerprint density at radius 3 is 2.18 bits per heavy atom. The topological polar surface area (TPSA) is 72.5 Å². The lowest BCUT2D eigenvalue weighted by Gasteiger charge is -2.15. The monoisotopic (exact) mass is 161 g/mol. The summed E-state index contributed by atoms with van der Waals surface area (Å²) in [7, 11) is 0. The smallest absolute Gasteiger partial charge is 0.325 e.